The fourth-order valence-corrected chi connectivity index (χ4v) is 2.95. The van der Waals surface area contributed by atoms with Crippen molar-refractivity contribution in [3.05, 3.63) is 73.8 Å². The summed E-state index contributed by atoms with van der Waals surface area (Å²) in [5, 5.41) is 20.9. The Bertz CT molecular complexity index is 853. The number of benzene rings is 2. The minimum absolute atomic E-state index is 0.0332. The van der Waals surface area contributed by atoms with Gasteiger partial charge in [-0.15, -0.1) is 0 Å². The fourth-order valence-electron chi connectivity index (χ4n) is 2.72. The average molecular weight is 408 g/mol. The van der Waals surface area contributed by atoms with Crippen molar-refractivity contribution >= 4 is 17.6 Å². The van der Waals surface area contributed by atoms with E-state index < -0.39 is 23.0 Å². The maximum Gasteiger partial charge on any atom is 0.341 e. The first-order chi connectivity index (χ1) is 13.3. The van der Waals surface area contributed by atoms with E-state index in [9.17, 15) is 20.0 Å². The largest absolute Gasteiger partial charge is 0.485 e. The number of aliphatic hydroxyl groups is 1. The molecule has 0 saturated heterocycles. The molecule has 0 radical (unpaired) electrons. The third-order valence-corrected chi connectivity index (χ3v) is 4.59. The summed E-state index contributed by atoms with van der Waals surface area (Å²) in [4.78, 5) is 21.7. The summed E-state index contributed by atoms with van der Waals surface area (Å²) in [6, 6.07) is 10.0. The predicted octanol–water partition coefficient (Wildman–Crippen LogP) is 3.76. The maximum atomic E-state index is 11.6. The van der Waals surface area contributed by atoms with Gasteiger partial charge in [0.25, 0.3) is 6.04 Å². The van der Waals surface area contributed by atoms with Crippen LogP contribution in [-0.2, 0) is 11.2 Å². The lowest BCUT2D eigenvalue weighted by atomic mass is 9.97. The summed E-state index contributed by atoms with van der Waals surface area (Å²) in [6.07, 6.45) is -0.249. The summed E-state index contributed by atoms with van der Waals surface area (Å²) in [6.45, 7) is 3.96. The molecule has 3 rings (SSSR count). The Morgan fingerprint density at radius 2 is 2.00 bits per heavy atom. The van der Waals surface area contributed by atoms with Crippen LogP contribution in [0.5, 0.6) is 5.75 Å². The molecule has 0 bridgehead atoms. The molecule has 1 aliphatic heterocycles. The number of hydrogen-bond donors (Lipinski definition) is 1. The van der Waals surface area contributed by atoms with Crippen molar-refractivity contribution in [2.45, 2.75) is 32.4 Å². The Kier molecular flexibility index (Phi) is 7.37. The van der Waals surface area contributed by atoms with E-state index in [0.29, 0.717) is 0 Å². The van der Waals surface area contributed by atoms with Gasteiger partial charge in [-0.1, -0.05) is 48.4 Å². The number of hydrogen-bond acceptors (Lipinski definition) is 6. The van der Waals surface area contributed by atoms with Gasteiger partial charge in [0.1, 0.15) is 11.3 Å². The normalized spacial score (nSPS) is 17.5. The van der Waals surface area contributed by atoms with E-state index >= 15 is 0 Å². The highest BCUT2D eigenvalue weighted by Gasteiger charge is 2.40. The molecule has 1 heterocycles. The van der Waals surface area contributed by atoms with Crippen molar-refractivity contribution in [1.82, 2.24) is 0 Å². The van der Waals surface area contributed by atoms with Gasteiger partial charge < -0.3 is 14.6 Å². The van der Waals surface area contributed by atoms with Gasteiger partial charge in [0.15, 0.2) is 12.7 Å². The van der Waals surface area contributed by atoms with Crippen LogP contribution in [0.3, 0.4) is 0 Å². The van der Waals surface area contributed by atoms with E-state index in [4.69, 9.17) is 16.3 Å². The molecule has 0 aromatic heterocycles. The van der Waals surface area contributed by atoms with Crippen molar-refractivity contribution < 1.29 is 24.3 Å². The van der Waals surface area contributed by atoms with E-state index in [1.165, 1.54) is 30.4 Å². The molecule has 0 aliphatic carbocycles. The molecule has 0 saturated carbocycles. The monoisotopic (exact) mass is 407 g/mol. The minimum atomic E-state index is -1.39. The Morgan fingerprint density at radius 3 is 2.54 bits per heavy atom. The van der Waals surface area contributed by atoms with Gasteiger partial charge in [0, 0.05) is 15.5 Å². The zero-order chi connectivity index (χ0) is 20.8. The molecule has 0 spiro atoms. The number of aryl methyl sites for hydroxylation is 2. The standard InChI is InChI=1S/C11H10ClNO6.C9H12/c1-18-11(15)7-3-5(12)2-6-9(14)8(13(16)17)4-19-10(6)7;1-3-9-6-4-8(2)5-7-9/h2-3,8-9,14H,4H2,1H3;4-7H,3H2,1-2H3/t8?,9-;/m0./s1. The second-order valence-electron chi connectivity index (χ2n) is 6.31. The predicted molar refractivity (Wildman–Crippen MR) is 105 cm³/mol. The Morgan fingerprint density at radius 1 is 1.36 bits per heavy atom. The number of carbonyl (C=O) groups excluding carboxylic acids is 1. The van der Waals surface area contributed by atoms with Crippen LogP contribution in [0.15, 0.2) is 36.4 Å². The molecule has 8 heteroatoms. The molecule has 0 amide bonds. The van der Waals surface area contributed by atoms with Crippen LogP contribution in [0.1, 0.15) is 40.1 Å². The molecule has 7 nitrogen and oxygen atoms in total. The van der Waals surface area contributed by atoms with Crippen molar-refractivity contribution in [2.75, 3.05) is 13.7 Å². The van der Waals surface area contributed by atoms with Gasteiger partial charge in [0.2, 0.25) is 0 Å². The highest BCUT2D eigenvalue weighted by molar-refractivity contribution is 6.31. The number of halogens is 1. The lowest BCUT2D eigenvalue weighted by molar-refractivity contribution is -0.539. The van der Waals surface area contributed by atoms with E-state index in [1.54, 1.807) is 0 Å². The molecule has 0 fully saturated rings. The molecule has 1 N–H and O–H groups in total. The zero-order valence-electron chi connectivity index (χ0n) is 15.8. The lowest BCUT2D eigenvalue weighted by Gasteiger charge is -2.26. The van der Waals surface area contributed by atoms with Gasteiger partial charge in [-0.05, 0) is 31.0 Å². The van der Waals surface area contributed by atoms with Gasteiger partial charge in [-0.3, -0.25) is 10.1 Å². The second-order valence-corrected chi connectivity index (χ2v) is 6.75. The van der Waals surface area contributed by atoms with Crippen LogP contribution >= 0.6 is 11.6 Å². The topological polar surface area (TPSA) is 98.9 Å². The summed E-state index contributed by atoms with van der Waals surface area (Å²) in [5.74, 6) is -0.618. The van der Waals surface area contributed by atoms with Gasteiger partial charge >= 0.3 is 5.97 Å². The summed E-state index contributed by atoms with van der Waals surface area (Å²) < 4.78 is 9.79. The summed E-state index contributed by atoms with van der Waals surface area (Å²) >= 11 is 5.83. The van der Waals surface area contributed by atoms with Crippen LogP contribution in [-0.4, -0.2) is 35.8 Å². The van der Waals surface area contributed by atoms with Crippen LogP contribution in [0, 0.1) is 17.0 Å². The third kappa shape index (κ3) is 4.99. The number of aliphatic hydroxyl groups excluding tert-OH is 1. The number of rotatable bonds is 3. The van der Waals surface area contributed by atoms with E-state index in [2.05, 4.69) is 42.8 Å². The van der Waals surface area contributed by atoms with E-state index in [-0.39, 0.29) is 28.5 Å². The highest BCUT2D eigenvalue weighted by atomic mass is 35.5. The molecule has 1 unspecified atom stereocenters. The zero-order valence-corrected chi connectivity index (χ0v) is 16.6. The quantitative estimate of drug-likeness (QED) is 0.472. The van der Waals surface area contributed by atoms with Gasteiger partial charge in [0.05, 0.1) is 7.11 Å². The first kappa shape index (κ1) is 21.7. The number of nitrogens with zero attached hydrogens (tertiary/aromatic N) is 1. The molecular formula is C20H22ClNO6. The smallest absolute Gasteiger partial charge is 0.341 e. The number of carbonyl (C=O) groups is 1. The van der Waals surface area contributed by atoms with Crippen molar-refractivity contribution in [3.63, 3.8) is 0 Å². The van der Waals surface area contributed by atoms with Gasteiger partial charge in [-0.2, -0.15) is 0 Å². The Hall–Kier alpha value is -2.64. The van der Waals surface area contributed by atoms with Crippen LogP contribution < -0.4 is 4.74 Å². The number of nitro groups is 1. The molecular weight excluding hydrogens is 386 g/mol. The van der Waals surface area contributed by atoms with Crippen molar-refractivity contribution in [3.8, 4) is 5.75 Å². The summed E-state index contributed by atoms with van der Waals surface area (Å²) in [5.41, 5.74) is 2.90. The maximum absolute atomic E-state index is 11.6. The van der Waals surface area contributed by atoms with Crippen molar-refractivity contribution in [1.29, 1.82) is 0 Å². The minimum Gasteiger partial charge on any atom is -0.485 e. The number of esters is 1. The first-order valence-electron chi connectivity index (χ1n) is 8.70. The lowest BCUT2D eigenvalue weighted by Crippen LogP contribution is -2.37. The van der Waals surface area contributed by atoms with Crippen molar-refractivity contribution in [2.24, 2.45) is 0 Å². The van der Waals surface area contributed by atoms with E-state index in [1.807, 2.05) is 0 Å². The Balaban J connectivity index is 0.000000261. The average Bonchev–Trinajstić information content (AvgIpc) is 2.68. The van der Waals surface area contributed by atoms with E-state index in [0.717, 1.165) is 6.42 Å². The number of ether oxygens (including phenoxy) is 2. The van der Waals surface area contributed by atoms with Gasteiger partial charge in [-0.25, -0.2) is 4.79 Å². The van der Waals surface area contributed by atoms with Crippen LogP contribution in [0.25, 0.3) is 0 Å². The third-order valence-electron chi connectivity index (χ3n) is 4.37. The molecule has 2 atom stereocenters. The van der Waals surface area contributed by atoms with Crippen LogP contribution in [0.2, 0.25) is 5.02 Å². The molecule has 150 valence electrons. The van der Waals surface area contributed by atoms with Crippen LogP contribution in [0.4, 0.5) is 0 Å². The first-order valence-corrected chi connectivity index (χ1v) is 9.07. The fraction of sp³-hybridized carbons (Fsp3) is 0.350. The summed E-state index contributed by atoms with van der Waals surface area (Å²) in [7, 11) is 1.19. The highest BCUT2D eigenvalue weighted by Crippen LogP contribution is 2.38. The molecule has 1 aliphatic rings. The second kappa shape index (κ2) is 9.52. The number of methoxy groups -OCH3 is 1. The molecule has 28 heavy (non-hydrogen) atoms. The SMILES string of the molecule is CCc1ccc(C)cc1.COC(=O)c1cc(Cl)cc2c1OCC([N+](=O)[O-])[C@H]2O. The molecule has 2 aromatic carbocycles. The number of fused-ring (bicyclic) bond motifs is 1. The Labute approximate surface area is 168 Å². The molecule has 2 aromatic rings.